The Hall–Kier alpha value is -3.68. The first-order valence-corrected chi connectivity index (χ1v) is 10.7. The fourth-order valence-electron chi connectivity index (χ4n) is 3.49. The highest BCUT2D eigenvalue weighted by Gasteiger charge is 2.30. The maximum absolute atomic E-state index is 13.2. The minimum Gasteiger partial charge on any atom is -0.444 e. The van der Waals surface area contributed by atoms with Crippen LogP contribution in [0.25, 0.3) is 17.1 Å². The van der Waals surface area contributed by atoms with Gasteiger partial charge in [0.25, 0.3) is 5.91 Å². The number of carbonyl (C=O) groups is 2. The number of nitrogens with zero attached hydrogens (tertiary/aromatic N) is 5. The van der Waals surface area contributed by atoms with Crippen LogP contribution >= 0.6 is 0 Å². The summed E-state index contributed by atoms with van der Waals surface area (Å²) in [6, 6.07) is 19.3. The van der Waals surface area contributed by atoms with Gasteiger partial charge in [-0.05, 0) is 32.9 Å². The largest absolute Gasteiger partial charge is 0.444 e. The van der Waals surface area contributed by atoms with Crippen LogP contribution in [-0.2, 0) is 4.74 Å². The monoisotopic (exact) mass is 433 g/mol. The second-order valence-electron chi connectivity index (χ2n) is 8.63. The molecule has 2 amide bonds. The van der Waals surface area contributed by atoms with Gasteiger partial charge in [-0.2, -0.15) is 0 Å². The quantitative estimate of drug-likeness (QED) is 0.630. The summed E-state index contributed by atoms with van der Waals surface area (Å²) in [5, 5.41) is 4.54. The maximum atomic E-state index is 13.2. The summed E-state index contributed by atoms with van der Waals surface area (Å²) in [6.45, 7) is 7.13. The fourth-order valence-corrected chi connectivity index (χ4v) is 3.49. The van der Waals surface area contributed by atoms with E-state index >= 15 is 0 Å². The van der Waals surface area contributed by atoms with Gasteiger partial charge in [-0.3, -0.25) is 4.79 Å². The molecule has 0 atom stereocenters. The van der Waals surface area contributed by atoms with Gasteiger partial charge in [-0.15, -0.1) is 5.10 Å². The van der Waals surface area contributed by atoms with E-state index in [-0.39, 0.29) is 17.8 Å². The molecule has 4 rings (SSSR count). The summed E-state index contributed by atoms with van der Waals surface area (Å²) in [6.07, 6.45) is -0.359. The molecule has 1 saturated heterocycles. The number of para-hydroxylation sites is 1. The molecule has 0 spiro atoms. The molecule has 2 heterocycles. The van der Waals surface area contributed by atoms with Crippen molar-refractivity contribution in [2.45, 2.75) is 26.4 Å². The zero-order valence-electron chi connectivity index (χ0n) is 18.6. The van der Waals surface area contributed by atoms with Crippen molar-refractivity contribution in [2.24, 2.45) is 0 Å². The van der Waals surface area contributed by atoms with E-state index in [1.807, 2.05) is 81.4 Å². The van der Waals surface area contributed by atoms with E-state index in [1.54, 1.807) is 14.5 Å². The summed E-state index contributed by atoms with van der Waals surface area (Å²) >= 11 is 0. The molecule has 1 aliphatic rings. The van der Waals surface area contributed by atoms with Gasteiger partial charge in [0.05, 0.1) is 5.69 Å². The van der Waals surface area contributed by atoms with Gasteiger partial charge < -0.3 is 14.5 Å². The standard InChI is InChI=1S/C24H27N5O3/c1-24(2,3)32-23(31)28-16-14-27(15-17-28)22(30)20-25-21(18-10-6-4-7-11-18)29(26-20)19-12-8-5-9-13-19/h4-13H,14-17H2,1-3H3. The first kappa shape index (κ1) is 21.5. The molecule has 8 nitrogen and oxygen atoms in total. The number of carbonyl (C=O) groups excluding carboxylic acids is 2. The third-order valence-corrected chi connectivity index (χ3v) is 5.05. The Morgan fingerprint density at radius 1 is 0.844 bits per heavy atom. The highest BCUT2D eigenvalue weighted by atomic mass is 16.6. The third-order valence-electron chi connectivity index (χ3n) is 5.05. The van der Waals surface area contributed by atoms with Crippen LogP contribution in [-0.4, -0.2) is 68.3 Å². The summed E-state index contributed by atoms with van der Waals surface area (Å²) in [4.78, 5) is 33.4. The third kappa shape index (κ3) is 4.80. The van der Waals surface area contributed by atoms with Gasteiger partial charge >= 0.3 is 6.09 Å². The van der Waals surface area contributed by atoms with Gasteiger partial charge in [-0.25, -0.2) is 14.5 Å². The van der Waals surface area contributed by atoms with E-state index < -0.39 is 5.60 Å². The lowest BCUT2D eigenvalue weighted by Gasteiger charge is -2.35. The van der Waals surface area contributed by atoms with E-state index in [4.69, 9.17) is 4.74 Å². The van der Waals surface area contributed by atoms with Crippen molar-refractivity contribution < 1.29 is 14.3 Å². The van der Waals surface area contributed by atoms with Crippen molar-refractivity contribution in [1.29, 1.82) is 0 Å². The predicted molar refractivity (Wildman–Crippen MR) is 121 cm³/mol. The minimum atomic E-state index is -0.550. The highest BCUT2D eigenvalue weighted by molar-refractivity contribution is 5.91. The van der Waals surface area contributed by atoms with Crippen LogP contribution in [0.4, 0.5) is 4.79 Å². The van der Waals surface area contributed by atoms with E-state index in [1.165, 1.54) is 0 Å². The van der Waals surface area contributed by atoms with Crippen molar-refractivity contribution in [3.63, 3.8) is 0 Å². The molecule has 1 aliphatic heterocycles. The fraction of sp³-hybridized carbons (Fsp3) is 0.333. The molecule has 166 valence electrons. The van der Waals surface area contributed by atoms with Gasteiger partial charge in [0.15, 0.2) is 5.82 Å². The SMILES string of the molecule is CC(C)(C)OC(=O)N1CCN(C(=O)c2nc(-c3ccccc3)n(-c3ccccc3)n2)CC1. The van der Waals surface area contributed by atoms with Crippen molar-refractivity contribution in [3.05, 3.63) is 66.5 Å². The number of benzene rings is 2. The molecule has 0 saturated carbocycles. The van der Waals surface area contributed by atoms with Crippen molar-refractivity contribution in [2.75, 3.05) is 26.2 Å². The second kappa shape index (κ2) is 8.82. The lowest BCUT2D eigenvalue weighted by molar-refractivity contribution is 0.0139. The topological polar surface area (TPSA) is 80.6 Å². The Morgan fingerprint density at radius 3 is 2.00 bits per heavy atom. The van der Waals surface area contributed by atoms with Crippen LogP contribution in [0.3, 0.4) is 0 Å². The Kier molecular flexibility index (Phi) is 5.94. The predicted octanol–water partition coefficient (Wildman–Crippen LogP) is 3.63. The number of hydrogen-bond donors (Lipinski definition) is 0. The average molecular weight is 434 g/mol. The van der Waals surface area contributed by atoms with Crippen molar-refractivity contribution in [3.8, 4) is 17.1 Å². The average Bonchev–Trinajstić information content (AvgIpc) is 3.24. The first-order chi connectivity index (χ1) is 15.3. The summed E-state index contributed by atoms with van der Waals surface area (Å²) in [5.74, 6) is 0.492. The summed E-state index contributed by atoms with van der Waals surface area (Å²) in [7, 11) is 0. The number of amides is 2. The molecule has 0 unspecified atom stereocenters. The van der Waals surface area contributed by atoms with Crippen LogP contribution < -0.4 is 0 Å². The lowest BCUT2D eigenvalue weighted by Crippen LogP contribution is -2.51. The number of ether oxygens (including phenoxy) is 1. The highest BCUT2D eigenvalue weighted by Crippen LogP contribution is 2.22. The second-order valence-corrected chi connectivity index (χ2v) is 8.63. The molecular formula is C24H27N5O3. The molecule has 0 radical (unpaired) electrons. The molecule has 0 aliphatic carbocycles. The van der Waals surface area contributed by atoms with Crippen LogP contribution in [0.15, 0.2) is 60.7 Å². The molecule has 32 heavy (non-hydrogen) atoms. The number of piperazine rings is 1. The van der Waals surface area contributed by atoms with Gasteiger partial charge in [-0.1, -0.05) is 48.5 Å². The molecule has 8 heteroatoms. The van der Waals surface area contributed by atoms with Crippen molar-refractivity contribution >= 4 is 12.0 Å². The molecule has 2 aromatic carbocycles. The smallest absolute Gasteiger partial charge is 0.410 e. The van der Waals surface area contributed by atoms with Crippen molar-refractivity contribution in [1.82, 2.24) is 24.6 Å². The van der Waals surface area contributed by atoms with Crippen LogP contribution in [0.2, 0.25) is 0 Å². The van der Waals surface area contributed by atoms with Crippen LogP contribution in [0, 0.1) is 0 Å². The zero-order chi connectivity index (χ0) is 22.7. The Morgan fingerprint density at radius 2 is 1.41 bits per heavy atom. The molecular weight excluding hydrogens is 406 g/mol. The normalized spacial score (nSPS) is 14.3. The zero-order valence-corrected chi connectivity index (χ0v) is 18.6. The Labute approximate surface area is 187 Å². The van der Waals surface area contributed by atoms with E-state index in [0.29, 0.717) is 32.0 Å². The number of hydrogen-bond acceptors (Lipinski definition) is 5. The van der Waals surface area contributed by atoms with Gasteiger partial charge in [0, 0.05) is 31.7 Å². The van der Waals surface area contributed by atoms with Gasteiger partial charge in [0.1, 0.15) is 5.60 Å². The Bertz CT molecular complexity index is 1020. The van der Waals surface area contributed by atoms with E-state index in [0.717, 1.165) is 11.3 Å². The minimum absolute atomic E-state index is 0.137. The number of aromatic nitrogens is 3. The molecule has 3 aromatic rings. The molecule has 0 N–H and O–H groups in total. The van der Waals surface area contributed by atoms with Gasteiger partial charge in [0.2, 0.25) is 5.82 Å². The first-order valence-electron chi connectivity index (χ1n) is 10.7. The molecule has 0 bridgehead atoms. The van der Waals surface area contributed by atoms with E-state index in [2.05, 4.69) is 10.1 Å². The Balaban J connectivity index is 1.54. The van der Waals surface area contributed by atoms with E-state index in [9.17, 15) is 9.59 Å². The summed E-state index contributed by atoms with van der Waals surface area (Å²) in [5.41, 5.74) is 1.15. The maximum Gasteiger partial charge on any atom is 0.410 e. The molecule has 1 aromatic heterocycles. The molecule has 1 fully saturated rings. The number of rotatable bonds is 3. The van der Waals surface area contributed by atoms with Crippen LogP contribution in [0.1, 0.15) is 31.4 Å². The van der Waals surface area contributed by atoms with Crippen LogP contribution in [0.5, 0.6) is 0 Å². The summed E-state index contributed by atoms with van der Waals surface area (Å²) < 4.78 is 7.12. The lowest BCUT2D eigenvalue weighted by atomic mass is 10.2.